The van der Waals surface area contributed by atoms with Crippen molar-refractivity contribution >= 4 is 21.4 Å². The van der Waals surface area contributed by atoms with Gasteiger partial charge in [0.25, 0.3) is 10.0 Å². The first-order chi connectivity index (χ1) is 10.1. The van der Waals surface area contributed by atoms with Crippen molar-refractivity contribution in [2.45, 2.75) is 55.8 Å². The molecule has 6 heteroatoms. The van der Waals surface area contributed by atoms with Crippen molar-refractivity contribution in [3.8, 4) is 0 Å². The molecule has 1 aliphatic heterocycles. The van der Waals surface area contributed by atoms with Gasteiger partial charge in [0.2, 0.25) is 0 Å². The zero-order valence-corrected chi connectivity index (χ0v) is 13.9. The summed E-state index contributed by atoms with van der Waals surface area (Å²) in [4.78, 5) is 0.703. The SMILES string of the molecule is O=S(=O)(c1ccc(CO)s1)N1CCC2(CCCCC2)CC1. The molecule has 4 nitrogen and oxygen atoms in total. The van der Waals surface area contributed by atoms with Crippen LogP contribution in [0.5, 0.6) is 0 Å². The van der Waals surface area contributed by atoms with Gasteiger partial charge >= 0.3 is 0 Å². The lowest BCUT2D eigenvalue weighted by Crippen LogP contribution is -2.43. The topological polar surface area (TPSA) is 57.6 Å². The quantitative estimate of drug-likeness (QED) is 0.927. The van der Waals surface area contributed by atoms with Gasteiger partial charge in [0, 0.05) is 18.0 Å². The Balaban J connectivity index is 1.70. The highest BCUT2D eigenvalue weighted by Crippen LogP contribution is 2.45. The van der Waals surface area contributed by atoms with Crippen molar-refractivity contribution in [1.29, 1.82) is 0 Å². The van der Waals surface area contributed by atoms with Gasteiger partial charge in [-0.25, -0.2) is 8.42 Å². The van der Waals surface area contributed by atoms with E-state index in [2.05, 4.69) is 0 Å². The summed E-state index contributed by atoms with van der Waals surface area (Å²) in [7, 11) is -3.37. The third-order valence-electron chi connectivity index (χ3n) is 5.08. The minimum absolute atomic E-state index is 0.0940. The summed E-state index contributed by atoms with van der Waals surface area (Å²) in [6.45, 7) is 1.20. The maximum atomic E-state index is 12.6. The molecule has 1 saturated carbocycles. The molecular weight excluding hydrogens is 306 g/mol. The maximum absolute atomic E-state index is 12.6. The van der Waals surface area contributed by atoms with Crippen molar-refractivity contribution in [3.05, 3.63) is 17.0 Å². The maximum Gasteiger partial charge on any atom is 0.252 e. The van der Waals surface area contributed by atoms with Gasteiger partial charge in [-0.1, -0.05) is 19.3 Å². The van der Waals surface area contributed by atoms with Gasteiger partial charge in [0.1, 0.15) is 4.21 Å². The van der Waals surface area contributed by atoms with Gasteiger partial charge in [-0.3, -0.25) is 0 Å². The predicted octanol–water partition coefficient (Wildman–Crippen LogP) is 2.98. The highest BCUT2D eigenvalue weighted by Gasteiger charge is 2.39. The summed E-state index contributed by atoms with van der Waals surface area (Å²) >= 11 is 1.18. The van der Waals surface area contributed by atoms with E-state index in [1.54, 1.807) is 16.4 Å². The molecule has 1 N–H and O–H groups in total. The van der Waals surface area contributed by atoms with E-state index in [0.29, 0.717) is 27.6 Å². The largest absolute Gasteiger partial charge is 0.391 e. The molecule has 0 atom stereocenters. The van der Waals surface area contributed by atoms with Crippen LogP contribution in [-0.4, -0.2) is 30.9 Å². The van der Waals surface area contributed by atoms with Crippen LogP contribution in [-0.2, 0) is 16.6 Å². The molecule has 1 saturated heterocycles. The standard InChI is InChI=1S/C15H23NO3S2/c17-12-13-4-5-14(20-13)21(18,19)16-10-8-15(9-11-16)6-2-1-3-7-15/h4-5,17H,1-3,6-12H2. The number of sulfonamides is 1. The molecule has 1 aliphatic carbocycles. The second-order valence-electron chi connectivity index (χ2n) is 6.34. The predicted molar refractivity (Wildman–Crippen MR) is 83.8 cm³/mol. The molecule has 21 heavy (non-hydrogen) atoms. The molecule has 2 aliphatic rings. The van der Waals surface area contributed by atoms with Crippen molar-refractivity contribution in [3.63, 3.8) is 0 Å². The Hall–Kier alpha value is -0.430. The Morgan fingerprint density at radius 1 is 1.10 bits per heavy atom. The van der Waals surface area contributed by atoms with E-state index < -0.39 is 10.0 Å². The highest BCUT2D eigenvalue weighted by atomic mass is 32.2. The third kappa shape index (κ3) is 3.04. The number of rotatable bonds is 3. The van der Waals surface area contributed by atoms with Crippen LogP contribution in [0.4, 0.5) is 0 Å². The minimum atomic E-state index is -3.37. The number of hydrogen-bond donors (Lipinski definition) is 1. The van der Waals surface area contributed by atoms with Crippen molar-refractivity contribution in [2.75, 3.05) is 13.1 Å². The zero-order valence-electron chi connectivity index (χ0n) is 12.3. The Kier molecular flexibility index (Phi) is 4.41. The minimum Gasteiger partial charge on any atom is -0.391 e. The molecule has 0 radical (unpaired) electrons. The molecular formula is C15H23NO3S2. The second kappa shape index (κ2) is 5.99. The summed E-state index contributed by atoms with van der Waals surface area (Å²) in [5, 5.41) is 9.09. The van der Waals surface area contributed by atoms with E-state index >= 15 is 0 Å². The van der Waals surface area contributed by atoms with Crippen LogP contribution in [0.15, 0.2) is 16.3 Å². The van der Waals surface area contributed by atoms with Crippen LogP contribution < -0.4 is 0 Å². The summed E-state index contributed by atoms with van der Waals surface area (Å²) in [5.74, 6) is 0. The molecule has 1 aromatic heterocycles. The van der Waals surface area contributed by atoms with Gasteiger partial charge in [-0.15, -0.1) is 11.3 Å². The first-order valence-corrected chi connectivity index (χ1v) is 10.0. The summed E-state index contributed by atoms with van der Waals surface area (Å²) in [6, 6.07) is 3.32. The van der Waals surface area contributed by atoms with Gasteiger partial charge in [-0.2, -0.15) is 4.31 Å². The Bertz CT molecular complexity index is 578. The first kappa shape index (κ1) is 15.5. The molecule has 2 heterocycles. The average molecular weight is 329 g/mol. The Morgan fingerprint density at radius 3 is 2.33 bits per heavy atom. The smallest absolute Gasteiger partial charge is 0.252 e. The van der Waals surface area contributed by atoms with Gasteiger partial charge in [0.05, 0.1) is 6.61 Å². The molecule has 1 spiro atoms. The third-order valence-corrected chi connectivity index (χ3v) is 8.52. The molecule has 118 valence electrons. The van der Waals surface area contributed by atoms with Gasteiger partial charge in [0.15, 0.2) is 0 Å². The average Bonchev–Trinajstić information content (AvgIpc) is 2.98. The fraction of sp³-hybridized carbons (Fsp3) is 0.733. The lowest BCUT2D eigenvalue weighted by atomic mass is 9.68. The Morgan fingerprint density at radius 2 is 1.76 bits per heavy atom. The van der Waals surface area contributed by atoms with Gasteiger partial charge < -0.3 is 5.11 Å². The van der Waals surface area contributed by atoms with Crippen LogP contribution in [0, 0.1) is 5.41 Å². The summed E-state index contributed by atoms with van der Waals surface area (Å²) < 4.78 is 27.3. The van der Waals surface area contributed by atoms with Crippen LogP contribution in [0.25, 0.3) is 0 Å². The summed E-state index contributed by atoms with van der Waals surface area (Å²) in [5.41, 5.74) is 0.413. The van der Waals surface area contributed by atoms with Crippen LogP contribution in [0.2, 0.25) is 0 Å². The monoisotopic (exact) mass is 329 g/mol. The van der Waals surface area contributed by atoms with Crippen LogP contribution in [0.1, 0.15) is 49.8 Å². The van der Waals surface area contributed by atoms with E-state index in [1.165, 1.54) is 43.4 Å². The number of piperidine rings is 1. The molecule has 0 unspecified atom stereocenters. The highest BCUT2D eigenvalue weighted by molar-refractivity contribution is 7.91. The normalized spacial score (nSPS) is 23.5. The van der Waals surface area contributed by atoms with Crippen molar-refractivity contribution < 1.29 is 13.5 Å². The van der Waals surface area contributed by atoms with Gasteiger partial charge in [-0.05, 0) is 43.2 Å². The van der Waals surface area contributed by atoms with E-state index in [-0.39, 0.29) is 6.61 Å². The molecule has 1 aromatic rings. The molecule has 3 rings (SSSR count). The Labute approximate surface area is 130 Å². The van der Waals surface area contributed by atoms with Crippen LogP contribution >= 0.6 is 11.3 Å². The lowest BCUT2D eigenvalue weighted by molar-refractivity contribution is 0.102. The number of aliphatic hydroxyl groups excluding tert-OH is 1. The number of nitrogens with zero attached hydrogens (tertiary/aromatic N) is 1. The fourth-order valence-corrected chi connectivity index (χ4v) is 6.52. The van der Waals surface area contributed by atoms with Crippen LogP contribution in [0.3, 0.4) is 0 Å². The molecule has 0 bridgehead atoms. The lowest BCUT2D eigenvalue weighted by Gasteiger charge is -2.43. The fourth-order valence-electron chi connectivity index (χ4n) is 3.71. The molecule has 0 amide bonds. The van der Waals surface area contributed by atoms with E-state index in [4.69, 9.17) is 5.11 Å². The van der Waals surface area contributed by atoms with Crippen molar-refractivity contribution in [2.24, 2.45) is 5.41 Å². The summed E-state index contributed by atoms with van der Waals surface area (Å²) in [6.07, 6.45) is 8.50. The zero-order chi connectivity index (χ0) is 14.9. The number of aliphatic hydroxyl groups is 1. The molecule has 0 aromatic carbocycles. The first-order valence-electron chi connectivity index (χ1n) is 7.76. The van der Waals surface area contributed by atoms with E-state index in [9.17, 15) is 8.42 Å². The molecule has 2 fully saturated rings. The number of thiophene rings is 1. The number of hydrogen-bond acceptors (Lipinski definition) is 4. The second-order valence-corrected chi connectivity index (χ2v) is 9.68. The van der Waals surface area contributed by atoms with Crippen molar-refractivity contribution in [1.82, 2.24) is 4.31 Å². The van der Waals surface area contributed by atoms with E-state index in [1.807, 2.05) is 0 Å². The van der Waals surface area contributed by atoms with E-state index in [0.717, 1.165) is 12.8 Å².